The van der Waals surface area contributed by atoms with E-state index in [-0.39, 0.29) is 6.04 Å². The van der Waals surface area contributed by atoms with Crippen molar-refractivity contribution in [2.24, 2.45) is 0 Å². The van der Waals surface area contributed by atoms with Gasteiger partial charge in [-0.3, -0.25) is 0 Å². The van der Waals surface area contributed by atoms with Gasteiger partial charge in [0.2, 0.25) is 0 Å². The Morgan fingerprint density at radius 1 is 1.28 bits per heavy atom. The van der Waals surface area contributed by atoms with Gasteiger partial charge in [0.05, 0.1) is 0 Å². The first-order valence-electron chi connectivity index (χ1n) is 5.86. The van der Waals surface area contributed by atoms with Crippen LogP contribution in [-0.2, 0) is 6.42 Å². The molecule has 96 valence electrons. The summed E-state index contributed by atoms with van der Waals surface area (Å²) in [7, 11) is 0. The van der Waals surface area contributed by atoms with E-state index in [1.807, 2.05) is 12.1 Å². The predicted molar refractivity (Wildman–Crippen MR) is 80.9 cm³/mol. The van der Waals surface area contributed by atoms with Crippen LogP contribution in [-0.4, -0.2) is 6.54 Å². The van der Waals surface area contributed by atoms with Crippen molar-refractivity contribution in [1.82, 2.24) is 5.32 Å². The first-order valence-corrected chi connectivity index (χ1v) is 7.56. The van der Waals surface area contributed by atoms with Gasteiger partial charge in [0.1, 0.15) is 0 Å². The largest absolute Gasteiger partial charge is 0.310 e. The zero-order valence-corrected chi connectivity index (χ0v) is 12.4. The van der Waals surface area contributed by atoms with Crippen LogP contribution in [0, 0.1) is 0 Å². The van der Waals surface area contributed by atoms with Gasteiger partial charge in [0.25, 0.3) is 0 Å². The van der Waals surface area contributed by atoms with Crippen molar-refractivity contribution in [2.75, 3.05) is 6.54 Å². The number of hydrogen-bond donors (Lipinski definition) is 1. The van der Waals surface area contributed by atoms with Crippen molar-refractivity contribution >= 4 is 34.5 Å². The normalized spacial score (nSPS) is 12.6. The highest BCUT2D eigenvalue weighted by Gasteiger charge is 2.09. The SMILES string of the molecule is CC(NCCc1ccsc1)c1ccc(Cl)cc1Cl. The van der Waals surface area contributed by atoms with Gasteiger partial charge in [-0.05, 0) is 60.0 Å². The minimum atomic E-state index is 0.230. The standard InChI is InChI=1S/C14H15Cl2NS/c1-10(13-3-2-12(15)8-14(13)16)17-6-4-11-5-7-18-9-11/h2-3,5,7-10,17H,4,6H2,1H3. The summed E-state index contributed by atoms with van der Waals surface area (Å²) in [6.45, 7) is 3.06. The van der Waals surface area contributed by atoms with E-state index in [9.17, 15) is 0 Å². The lowest BCUT2D eigenvalue weighted by molar-refractivity contribution is 0.577. The molecule has 0 fully saturated rings. The Morgan fingerprint density at radius 2 is 2.11 bits per heavy atom. The van der Waals surface area contributed by atoms with Crippen LogP contribution in [0.2, 0.25) is 10.0 Å². The highest BCUT2D eigenvalue weighted by molar-refractivity contribution is 7.07. The van der Waals surface area contributed by atoms with Gasteiger partial charge >= 0.3 is 0 Å². The Bertz CT molecular complexity index is 497. The van der Waals surface area contributed by atoms with Crippen LogP contribution in [0.25, 0.3) is 0 Å². The lowest BCUT2D eigenvalue weighted by Crippen LogP contribution is -2.21. The van der Waals surface area contributed by atoms with Crippen molar-refractivity contribution in [1.29, 1.82) is 0 Å². The van der Waals surface area contributed by atoms with Crippen LogP contribution < -0.4 is 5.32 Å². The first-order chi connectivity index (χ1) is 8.66. The van der Waals surface area contributed by atoms with E-state index in [0.29, 0.717) is 5.02 Å². The summed E-state index contributed by atoms with van der Waals surface area (Å²) in [5.74, 6) is 0. The maximum atomic E-state index is 6.18. The van der Waals surface area contributed by atoms with E-state index >= 15 is 0 Å². The lowest BCUT2D eigenvalue weighted by atomic mass is 10.1. The topological polar surface area (TPSA) is 12.0 Å². The van der Waals surface area contributed by atoms with Gasteiger partial charge in [-0.1, -0.05) is 29.3 Å². The smallest absolute Gasteiger partial charge is 0.0468 e. The molecule has 0 aliphatic carbocycles. The molecule has 1 N–H and O–H groups in total. The third kappa shape index (κ3) is 3.72. The fourth-order valence-corrected chi connectivity index (χ4v) is 3.11. The Kier molecular flexibility index (Phi) is 5.07. The van der Waals surface area contributed by atoms with Gasteiger partial charge in [-0.2, -0.15) is 11.3 Å². The van der Waals surface area contributed by atoms with Crippen LogP contribution in [0.15, 0.2) is 35.0 Å². The second-order valence-electron chi connectivity index (χ2n) is 4.22. The molecule has 0 aliphatic heterocycles. The van der Waals surface area contributed by atoms with Crippen molar-refractivity contribution in [3.05, 3.63) is 56.2 Å². The third-order valence-electron chi connectivity index (χ3n) is 2.87. The van der Waals surface area contributed by atoms with Gasteiger partial charge in [-0.15, -0.1) is 0 Å². The summed E-state index contributed by atoms with van der Waals surface area (Å²) in [5.41, 5.74) is 2.47. The molecule has 0 spiro atoms. The Hall–Kier alpha value is -0.540. The van der Waals surface area contributed by atoms with E-state index in [0.717, 1.165) is 23.6 Å². The Labute approximate surface area is 122 Å². The van der Waals surface area contributed by atoms with Crippen LogP contribution in [0.4, 0.5) is 0 Å². The van der Waals surface area contributed by atoms with Crippen LogP contribution >= 0.6 is 34.5 Å². The maximum Gasteiger partial charge on any atom is 0.0468 e. The molecular weight excluding hydrogens is 285 g/mol. The van der Waals surface area contributed by atoms with E-state index in [4.69, 9.17) is 23.2 Å². The van der Waals surface area contributed by atoms with Crippen LogP contribution in [0.3, 0.4) is 0 Å². The highest BCUT2D eigenvalue weighted by atomic mass is 35.5. The highest BCUT2D eigenvalue weighted by Crippen LogP contribution is 2.25. The minimum Gasteiger partial charge on any atom is -0.310 e. The average Bonchev–Trinajstić information content (AvgIpc) is 2.81. The second-order valence-corrected chi connectivity index (χ2v) is 5.85. The van der Waals surface area contributed by atoms with Gasteiger partial charge in [0.15, 0.2) is 0 Å². The van der Waals surface area contributed by atoms with Crippen molar-refractivity contribution in [3.8, 4) is 0 Å². The summed E-state index contributed by atoms with van der Waals surface area (Å²) in [5, 5.41) is 9.16. The molecule has 0 saturated heterocycles. The summed E-state index contributed by atoms with van der Waals surface area (Å²) < 4.78 is 0. The summed E-state index contributed by atoms with van der Waals surface area (Å²) in [6.07, 6.45) is 1.04. The van der Waals surface area contributed by atoms with Crippen LogP contribution in [0.1, 0.15) is 24.1 Å². The van der Waals surface area contributed by atoms with E-state index in [1.165, 1.54) is 5.56 Å². The van der Waals surface area contributed by atoms with Crippen molar-refractivity contribution in [3.63, 3.8) is 0 Å². The monoisotopic (exact) mass is 299 g/mol. The maximum absolute atomic E-state index is 6.18. The molecular formula is C14H15Cl2NS. The van der Waals surface area contributed by atoms with E-state index in [1.54, 1.807) is 17.4 Å². The zero-order chi connectivity index (χ0) is 13.0. The molecule has 0 radical (unpaired) electrons. The second kappa shape index (κ2) is 6.58. The van der Waals surface area contributed by atoms with Crippen molar-refractivity contribution < 1.29 is 0 Å². The van der Waals surface area contributed by atoms with Gasteiger partial charge in [-0.25, -0.2) is 0 Å². The summed E-state index contributed by atoms with van der Waals surface area (Å²) >= 11 is 13.8. The molecule has 18 heavy (non-hydrogen) atoms. The molecule has 2 rings (SSSR count). The minimum absolute atomic E-state index is 0.230. The molecule has 1 unspecified atom stereocenters. The zero-order valence-electron chi connectivity index (χ0n) is 10.1. The first kappa shape index (κ1) is 13.9. The number of hydrogen-bond acceptors (Lipinski definition) is 2. The number of halogens is 2. The number of thiophene rings is 1. The molecule has 1 nitrogen and oxygen atoms in total. The number of nitrogens with one attached hydrogen (secondary N) is 1. The molecule has 1 aromatic carbocycles. The molecule has 1 aromatic heterocycles. The number of benzene rings is 1. The van der Waals surface area contributed by atoms with Gasteiger partial charge in [0, 0.05) is 16.1 Å². The molecule has 0 bridgehead atoms. The predicted octanol–water partition coefficient (Wildman–Crippen LogP) is 4.95. The fourth-order valence-electron chi connectivity index (χ4n) is 1.83. The molecule has 2 aromatic rings. The van der Waals surface area contributed by atoms with E-state index < -0.39 is 0 Å². The van der Waals surface area contributed by atoms with E-state index in [2.05, 4.69) is 29.1 Å². The Balaban J connectivity index is 1.89. The fraction of sp³-hybridized carbons (Fsp3) is 0.286. The number of rotatable bonds is 5. The molecule has 0 amide bonds. The molecule has 0 aliphatic rings. The summed E-state index contributed by atoms with van der Waals surface area (Å²) in [4.78, 5) is 0. The van der Waals surface area contributed by atoms with Crippen molar-refractivity contribution in [2.45, 2.75) is 19.4 Å². The Morgan fingerprint density at radius 3 is 2.78 bits per heavy atom. The summed E-state index contributed by atoms with van der Waals surface area (Å²) in [6, 6.07) is 8.03. The molecule has 1 atom stereocenters. The lowest BCUT2D eigenvalue weighted by Gasteiger charge is -2.15. The van der Waals surface area contributed by atoms with Gasteiger partial charge < -0.3 is 5.32 Å². The third-order valence-corrected chi connectivity index (χ3v) is 4.17. The quantitative estimate of drug-likeness (QED) is 0.824. The average molecular weight is 300 g/mol. The molecule has 0 saturated carbocycles. The molecule has 4 heteroatoms. The molecule has 1 heterocycles. The van der Waals surface area contributed by atoms with Crippen LogP contribution in [0.5, 0.6) is 0 Å².